The molecule has 6 rings (SSSR count). The van der Waals surface area contributed by atoms with Crippen molar-refractivity contribution in [1.82, 2.24) is 15.2 Å². The van der Waals surface area contributed by atoms with Crippen molar-refractivity contribution in [2.75, 3.05) is 38.2 Å². The van der Waals surface area contributed by atoms with Gasteiger partial charge in [-0.25, -0.2) is 9.78 Å². The first-order valence-electron chi connectivity index (χ1n) is 17.8. The number of pyridine rings is 1. The number of hydrogen-bond donors (Lipinski definition) is 1. The average molecular weight is 667 g/mol. The Labute approximate surface area is 290 Å². The Morgan fingerprint density at radius 1 is 0.980 bits per heavy atom. The number of aryl methyl sites for hydroxylation is 2. The number of fused-ring (bicyclic) bond motifs is 1. The first-order chi connectivity index (χ1) is 23.5. The Balaban J connectivity index is 1.06. The fraction of sp³-hybridized carbons (Fsp3) is 0.500. The highest BCUT2D eigenvalue weighted by molar-refractivity contribution is 5.88. The molecule has 3 aliphatic rings. The van der Waals surface area contributed by atoms with E-state index in [0.717, 1.165) is 98.2 Å². The maximum atomic E-state index is 13.8. The average Bonchev–Trinajstić information content (AvgIpc) is 3.87. The molecule has 0 bridgehead atoms. The molecule has 0 spiro atoms. The minimum atomic E-state index is -0.632. The quantitative estimate of drug-likeness (QED) is 0.241. The summed E-state index contributed by atoms with van der Waals surface area (Å²) in [7, 11) is 1.42. The van der Waals surface area contributed by atoms with Crippen LogP contribution in [0, 0.1) is 5.92 Å². The molecule has 2 fully saturated rings. The number of anilines is 1. The van der Waals surface area contributed by atoms with Gasteiger partial charge in [-0.05, 0) is 114 Å². The molecule has 1 aromatic heterocycles. The van der Waals surface area contributed by atoms with Gasteiger partial charge in [0.15, 0.2) is 0 Å². The number of nitrogens with one attached hydrogen (secondary N) is 1. The number of esters is 1. The molecule has 2 atom stereocenters. The summed E-state index contributed by atoms with van der Waals surface area (Å²) in [5.74, 6) is -0.282. The fourth-order valence-corrected chi connectivity index (χ4v) is 7.36. The van der Waals surface area contributed by atoms with E-state index in [4.69, 9.17) is 14.5 Å². The van der Waals surface area contributed by atoms with Crippen LogP contribution in [0.1, 0.15) is 82.0 Å². The van der Waals surface area contributed by atoms with Crippen molar-refractivity contribution in [2.24, 2.45) is 5.92 Å². The first kappa shape index (κ1) is 34.6. The van der Waals surface area contributed by atoms with Crippen molar-refractivity contribution in [3.8, 4) is 11.1 Å². The standard InChI is InChI=1S/C40H50N4O5/c1-39(2,3)49-38(47)44-25-10-16-29-19-20-33(41-35(29)44)18-11-24-43-23-9-17-32(27-43)36(45)42-40(21-22-40)34(37(46)48-4)31-15-8-14-30(26-31)28-12-6-5-7-13-28/h5-8,12-15,19-20,26,32,34H,9-11,16-18,21-25,27H2,1-4H3,(H,42,45)/t32-,34?/m1/s1. The fourth-order valence-electron chi connectivity index (χ4n) is 7.36. The zero-order chi connectivity index (χ0) is 34.6. The van der Waals surface area contributed by atoms with Crippen molar-refractivity contribution in [3.63, 3.8) is 0 Å². The summed E-state index contributed by atoms with van der Waals surface area (Å²) >= 11 is 0. The molecule has 0 radical (unpaired) electrons. The van der Waals surface area contributed by atoms with Crippen LogP contribution in [-0.2, 0) is 31.9 Å². The third-order valence-electron chi connectivity index (χ3n) is 9.97. The van der Waals surface area contributed by atoms with Gasteiger partial charge in [0.05, 0.1) is 18.6 Å². The minimum absolute atomic E-state index is 0.0221. The molecule has 2 aliphatic heterocycles. The van der Waals surface area contributed by atoms with Gasteiger partial charge in [-0.1, -0.05) is 60.7 Å². The van der Waals surface area contributed by atoms with Gasteiger partial charge >= 0.3 is 12.1 Å². The lowest BCUT2D eigenvalue weighted by Gasteiger charge is -2.34. The maximum absolute atomic E-state index is 13.8. The monoisotopic (exact) mass is 666 g/mol. The van der Waals surface area contributed by atoms with Gasteiger partial charge in [0, 0.05) is 18.8 Å². The number of benzene rings is 2. The van der Waals surface area contributed by atoms with Gasteiger partial charge in [-0.2, -0.15) is 0 Å². The number of aromatic nitrogens is 1. The van der Waals surface area contributed by atoms with Crippen LogP contribution in [-0.4, -0.2) is 72.3 Å². The molecule has 2 aromatic carbocycles. The lowest BCUT2D eigenvalue weighted by Crippen LogP contribution is -2.50. The highest BCUT2D eigenvalue weighted by Crippen LogP contribution is 2.49. The topological polar surface area (TPSA) is 101 Å². The van der Waals surface area contributed by atoms with E-state index < -0.39 is 17.1 Å². The van der Waals surface area contributed by atoms with Crippen molar-refractivity contribution in [3.05, 3.63) is 83.6 Å². The molecule has 49 heavy (non-hydrogen) atoms. The molecule has 1 saturated carbocycles. The molecule has 3 heterocycles. The Kier molecular flexibility index (Phi) is 10.4. The van der Waals surface area contributed by atoms with Crippen LogP contribution >= 0.6 is 0 Å². The summed E-state index contributed by atoms with van der Waals surface area (Å²) < 4.78 is 11.0. The zero-order valence-electron chi connectivity index (χ0n) is 29.4. The van der Waals surface area contributed by atoms with Crippen molar-refractivity contribution in [1.29, 1.82) is 0 Å². The van der Waals surface area contributed by atoms with Crippen molar-refractivity contribution < 1.29 is 23.9 Å². The number of methoxy groups -OCH3 is 1. The number of ether oxygens (including phenoxy) is 2. The SMILES string of the molecule is COC(=O)C(c1cccc(-c2ccccc2)c1)C1(NC(=O)[C@@H]2CCCN(CCCc3ccc4c(n3)N(C(=O)OC(C)(C)C)CCC4)C2)CC1. The predicted octanol–water partition coefficient (Wildman–Crippen LogP) is 6.69. The van der Waals surface area contributed by atoms with Gasteiger partial charge in [0.2, 0.25) is 5.91 Å². The molecule has 1 aliphatic carbocycles. The second-order valence-electron chi connectivity index (χ2n) is 14.9. The van der Waals surface area contributed by atoms with Crippen molar-refractivity contribution >= 4 is 23.8 Å². The van der Waals surface area contributed by atoms with Gasteiger partial charge < -0.3 is 19.7 Å². The molecule has 3 aromatic rings. The van der Waals surface area contributed by atoms with Crippen LogP contribution in [0.5, 0.6) is 0 Å². The number of likely N-dealkylation sites (tertiary alicyclic amines) is 1. The molecule has 260 valence electrons. The zero-order valence-corrected chi connectivity index (χ0v) is 29.4. The predicted molar refractivity (Wildman–Crippen MR) is 190 cm³/mol. The summed E-state index contributed by atoms with van der Waals surface area (Å²) in [5.41, 5.74) is 3.82. The second-order valence-corrected chi connectivity index (χ2v) is 14.9. The third-order valence-corrected chi connectivity index (χ3v) is 9.97. The normalized spacial score (nSPS) is 19.3. The summed E-state index contributed by atoms with van der Waals surface area (Å²) in [6, 6.07) is 22.3. The number of piperidine rings is 1. The van der Waals surface area contributed by atoms with Crippen LogP contribution < -0.4 is 10.2 Å². The van der Waals surface area contributed by atoms with Crippen LogP contribution in [0.2, 0.25) is 0 Å². The summed E-state index contributed by atoms with van der Waals surface area (Å²) in [6.45, 7) is 8.75. The number of amides is 2. The highest BCUT2D eigenvalue weighted by atomic mass is 16.6. The van der Waals surface area contributed by atoms with E-state index in [2.05, 4.69) is 40.5 Å². The number of nitrogens with zero attached hydrogens (tertiary/aromatic N) is 3. The Morgan fingerprint density at radius 3 is 2.49 bits per heavy atom. The van der Waals surface area contributed by atoms with E-state index in [1.165, 1.54) is 7.11 Å². The van der Waals surface area contributed by atoms with Crippen molar-refractivity contribution in [2.45, 2.75) is 89.2 Å². The maximum Gasteiger partial charge on any atom is 0.416 e. The molecule has 1 saturated heterocycles. The highest BCUT2D eigenvalue weighted by Gasteiger charge is 2.55. The van der Waals surface area contributed by atoms with Gasteiger partial charge in [0.1, 0.15) is 17.3 Å². The Bertz CT molecular complexity index is 1650. The van der Waals surface area contributed by atoms with Crippen LogP contribution in [0.15, 0.2) is 66.7 Å². The summed E-state index contributed by atoms with van der Waals surface area (Å²) in [4.78, 5) is 48.9. The smallest absolute Gasteiger partial charge is 0.416 e. The molecule has 1 N–H and O–H groups in total. The number of carbonyl (C=O) groups excluding carboxylic acids is 3. The largest absolute Gasteiger partial charge is 0.468 e. The molecule has 9 nitrogen and oxygen atoms in total. The van der Waals surface area contributed by atoms with Gasteiger partial charge in [-0.15, -0.1) is 0 Å². The van der Waals surface area contributed by atoms with E-state index in [-0.39, 0.29) is 23.9 Å². The summed E-state index contributed by atoms with van der Waals surface area (Å²) in [5, 5.41) is 3.35. The number of rotatable bonds is 10. The number of hydrogen-bond acceptors (Lipinski definition) is 7. The first-order valence-corrected chi connectivity index (χ1v) is 17.8. The van der Waals surface area contributed by atoms with E-state index in [1.807, 2.05) is 57.2 Å². The van der Waals surface area contributed by atoms with E-state index >= 15 is 0 Å². The lowest BCUT2D eigenvalue weighted by molar-refractivity contribution is -0.144. The summed E-state index contributed by atoms with van der Waals surface area (Å²) in [6.07, 6.45) is 6.40. The van der Waals surface area contributed by atoms with E-state index in [1.54, 1.807) is 4.90 Å². The van der Waals surface area contributed by atoms with Gasteiger partial charge in [-0.3, -0.25) is 14.5 Å². The molecule has 9 heteroatoms. The van der Waals surface area contributed by atoms with Gasteiger partial charge in [0.25, 0.3) is 0 Å². The Morgan fingerprint density at radius 2 is 1.76 bits per heavy atom. The Hall–Kier alpha value is -4.24. The molecule has 2 amide bonds. The molecular weight excluding hydrogens is 616 g/mol. The van der Waals surface area contributed by atoms with Crippen LogP contribution in [0.3, 0.4) is 0 Å². The van der Waals surface area contributed by atoms with E-state index in [9.17, 15) is 14.4 Å². The second kappa shape index (κ2) is 14.7. The lowest BCUT2D eigenvalue weighted by atomic mass is 9.86. The third kappa shape index (κ3) is 8.32. The van der Waals surface area contributed by atoms with Crippen LogP contribution in [0.25, 0.3) is 11.1 Å². The van der Waals surface area contributed by atoms with Crippen LogP contribution in [0.4, 0.5) is 10.6 Å². The number of carbonyl (C=O) groups is 3. The minimum Gasteiger partial charge on any atom is -0.468 e. The molecular formula is C40H50N4O5. The molecule has 1 unspecified atom stereocenters. The van der Waals surface area contributed by atoms with E-state index in [0.29, 0.717) is 13.1 Å².